The number of aliphatic hydroxyl groups is 1. The van der Waals surface area contributed by atoms with E-state index in [4.69, 9.17) is 10.8 Å². The normalized spacial score (nSPS) is 10.1. The van der Waals surface area contributed by atoms with Crippen LogP contribution in [-0.4, -0.2) is 18.3 Å². The molecule has 1 aromatic rings. The van der Waals surface area contributed by atoms with Crippen molar-refractivity contribution in [1.29, 1.82) is 0 Å². The Balaban J connectivity index is 0. The summed E-state index contributed by atoms with van der Waals surface area (Å²) in [5, 5.41) is 12.4. The number of nitrogen functional groups attached to an aromatic ring is 1. The van der Waals surface area contributed by atoms with Gasteiger partial charge in [-0.2, -0.15) is 0 Å². The van der Waals surface area contributed by atoms with E-state index in [1.165, 1.54) is 0 Å². The van der Waals surface area contributed by atoms with Crippen LogP contribution < -0.4 is 11.1 Å². The molecule has 0 aliphatic carbocycles. The molecule has 3 nitrogen and oxygen atoms in total. The Labute approximate surface area is 116 Å². The van der Waals surface area contributed by atoms with Crippen molar-refractivity contribution in [1.82, 2.24) is 0 Å². The zero-order valence-corrected chi connectivity index (χ0v) is 12.1. The molecule has 0 aromatic heterocycles. The number of aryl methyl sites for hydroxylation is 1. The largest absolute Gasteiger partial charge is 0.399 e. The van der Waals surface area contributed by atoms with Gasteiger partial charge in [0.1, 0.15) is 0 Å². The Bertz CT molecular complexity index is 343. The minimum atomic E-state index is -0.103. The fourth-order valence-corrected chi connectivity index (χ4v) is 1.28. The summed E-state index contributed by atoms with van der Waals surface area (Å²) in [5.41, 5.74) is 8.54. The van der Waals surface area contributed by atoms with Gasteiger partial charge < -0.3 is 16.2 Å². The van der Waals surface area contributed by atoms with Crippen LogP contribution in [0, 0.1) is 12.3 Å². The summed E-state index contributed by atoms with van der Waals surface area (Å²) in [6.07, 6.45) is 0. The molecule has 0 heterocycles. The van der Waals surface area contributed by atoms with Crippen molar-refractivity contribution in [2.45, 2.75) is 20.8 Å². The second-order valence-corrected chi connectivity index (χ2v) is 4.75. The van der Waals surface area contributed by atoms with Crippen molar-refractivity contribution < 1.29 is 5.11 Å². The number of hydrogen-bond acceptors (Lipinski definition) is 3. The molecule has 0 spiro atoms. The summed E-state index contributed by atoms with van der Waals surface area (Å²) in [7, 11) is 0. The van der Waals surface area contributed by atoms with Crippen LogP contribution in [0.1, 0.15) is 19.4 Å². The standard InChI is InChI=1S/C12H20N2O.2ClH/c1-9-6-10(13)4-5-11(9)14-7-12(2,3)8-15;;/h4-6,14-15H,7-8,13H2,1-3H3;2*1H. The maximum atomic E-state index is 9.13. The van der Waals surface area contributed by atoms with Gasteiger partial charge in [-0.15, -0.1) is 24.8 Å². The molecular formula is C12H22Cl2N2O. The van der Waals surface area contributed by atoms with Crippen LogP contribution in [0.5, 0.6) is 0 Å². The van der Waals surface area contributed by atoms with Crippen molar-refractivity contribution in [2.24, 2.45) is 5.41 Å². The first-order valence-electron chi connectivity index (χ1n) is 5.15. The van der Waals surface area contributed by atoms with Crippen molar-refractivity contribution in [3.63, 3.8) is 0 Å². The predicted molar refractivity (Wildman–Crippen MR) is 79.4 cm³/mol. The second kappa shape index (κ2) is 7.64. The Kier molecular flexibility index (Phi) is 8.41. The van der Waals surface area contributed by atoms with Crippen molar-refractivity contribution in [3.05, 3.63) is 23.8 Å². The van der Waals surface area contributed by atoms with E-state index < -0.39 is 0 Å². The number of hydrogen-bond donors (Lipinski definition) is 3. The molecule has 0 saturated heterocycles. The zero-order chi connectivity index (χ0) is 11.5. The first-order valence-corrected chi connectivity index (χ1v) is 5.15. The van der Waals surface area contributed by atoms with Gasteiger partial charge in [0.25, 0.3) is 0 Å². The van der Waals surface area contributed by atoms with Crippen LogP contribution in [-0.2, 0) is 0 Å². The summed E-state index contributed by atoms with van der Waals surface area (Å²) >= 11 is 0. The summed E-state index contributed by atoms with van der Waals surface area (Å²) in [6, 6.07) is 5.79. The molecule has 0 amide bonds. The van der Waals surface area contributed by atoms with Gasteiger partial charge in [-0.3, -0.25) is 0 Å². The second-order valence-electron chi connectivity index (χ2n) is 4.75. The molecule has 1 rings (SSSR count). The van der Waals surface area contributed by atoms with Gasteiger partial charge in [0.2, 0.25) is 0 Å². The minimum Gasteiger partial charge on any atom is -0.399 e. The highest BCUT2D eigenvalue weighted by Crippen LogP contribution is 2.20. The monoisotopic (exact) mass is 280 g/mol. The third kappa shape index (κ3) is 6.01. The van der Waals surface area contributed by atoms with E-state index in [9.17, 15) is 0 Å². The molecule has 100 valence electrons. The fraction of sp³-hybridized carbons (Fsp3) is 0.500. The summed E-state index contributed by atoms with van der Waals surface area (Å²) in [6.45, 7) is 6.98. The molecule has 1 aromatic carbocycles. The van der Waals surface area contributed by atoms with Gasteiger partial charge in [0, 0.05) is 29.9 Å². The molecule has 0 aliphatic heterocycles. The number of benzene rings is 1. The van der Waals surface area contributed by atoms with E-state index in [2.05, 4.69) is 5.32 Å². The van der Waals surface area contributed by atoms with Gasteiger partial charge in [-0.1, -0.05) is 13.8 Å². The summed E-state index contributed by atoms with van der Waals surface area (Å²) in [4.78, 5) is 0. The Morgan fingerprint density at radius 1 is 1.29 bits per heavy atom. The van der Waals surface area contributed by atoms with E-state index in [1.807, 2.05) is 39.0 Å². The number of anilines is 2. The Morgan fingerprint density at radius 3 is 2.35 bits per heavy atom. The number of nitrogens with two attached hydrogens (primary N) is 1. The topological polar surface area (TPSA) is 58.3 Å². The number of halogens is 2. The molecule has 17 heavy (non-hydrogen) atoms. The van der Waals surface area contributed by atoms with Crippen LogP contribution in [0.2, 0.25) is 0 Å². The maximum absolute atomic E-state index is 9.13. The average Bonchev–Trinajstić information content (AvgIpc) is 2.16. The SMILES string of the molecule is Cc1cc(N)ccc1NCC(C)(C)CO.Cl.Cl. The van der Waals surface area contributed by atoms with Gasteiger partial charge in [0.15, 0.2) is 0 Å². The molecule has 0 saturated carbocycles. The molecule has 0 fully saturated rings. The van der Waals surface area contributed by atoms with Crippen LogP contribution in [0.15, 0.2) is 18.2 Å². The summed E-state index contributed by atoms with van der Waals surface area (Å²) < 4.78 is 0. The van der Waals surface area contributed by atoms with Crippen LogP contribution in [0.3, 0.4) is 0 Å². The van der Waals surface area contributed by atoms with Crippen LogP contribution in [0.25, 0.3) is 0 Å². The first kappa shape index (κ1) is 18.7. The van der Waals surface area contributed by atoms with E-state index in [-0.39, 0.29) is 36.8 Å². The van der Waals surface area contributed by atoms with Gasteiger partial charge in [-0.05, 0) is 30.7 Å². The highest BCUT2D eigenvalue weighted by molar-refractivity contribution is 5.85. The van der Waals surface area contributed by atoms with Gasteiger partial charge in [0.05, 0.1) is 0 Å². The fourth-order valence-electron chi connectivity index (χ4n) is 1.28. The van der Waals surface area contributed by atoms with Gasteiger partial charge >= 0.3 is 0 Å². The highest BCUT2D eigenvalue weighted by atomic mass is 35.5. The maximum Gasteiger partial charge on any atom is 0.0498 e. The van der Waals surface area contributed by atoms with E-state index in [1.54, 1.807) is 0 Å². The summed E-state index contributed by atoms with van der Waals surface area (Å²) in [5.74, 6) is 0. The number of rotatable bonds is 4. The molecule has 0 bridgehead atoms. The average molecular weight is 281 g/mol. The van der Waals surface area contributed by atoms with Crippen molar-refractivity contribution >= 4 is 36.2 Å². The molecule has 0 radical (unpaired) electrons. The number of aliphatic hydroxyl groups excluding tert-OH is 1. The molecule has 0 unspecified atom stereocenters. The quantitative estimate of drug-likeness (QED) is 0.744. The lowest BCUT2D eigenvalue weighted by molar-refractivity contribution is 0.171. The molecule has 0 aliphatic rings. The smallest absolute Gasteiger partial charge is 0.0498 e. The van der Waals surface area contributed by atoms with Crippen molar-refractivity contribution in [2.75, 3.05) is 24.2 Å². The van der Waals surface area contributed by atoms with Crippen LogP contribution >= 0.6 is 24.8 Å². The number of nitrogens with one attached hydrogen (secondary N) is 1. The predicted octanol–water partition coefficient (Wildman–Crippen LogP) is 2.85. The highest BCUT2D eigenvalue weighted by Gasteiger charge is 2.16. The van der Waals surface area contributed by atoms with E-state index in [0.29, 0.717) is 0 Å². The van der Waals surface area contributed by atoms with Crippen molar-refractivity contribution in [3.8, 4) is 0 Å². The first-order chi connectivity index (χ1) is 6.94. The van der Waals surface area contributed by atoms with E-state index >= 15 is 0 Å². The lowest BCUT2D eigenvalue weighted by atomic mass is 9.95. The lowest BCUT2D eigenvalue weighted by Gasteiger charge is -2.23. The molecule has 0 atom stereocenters. The zero-order valence-electron chi connectivity index (χ0n) is 10.5. The van der Waals surface area contributed by atoms with Crippen LogP contribution in [0.4, 0.5) is 11.4 Å². The molecule has 5 heteroatoms. The molecular weight excluding hydrogens is 259 g/mol. The Hall–Kier alpha value is -0.640. The third-order valence-corrected chi connectivity index (χ3v) is 2.44. The minimum absolute atomic E-state index is 0. The molecule has 4 N–H and O–H groups in total. The Morgan fingerprint density at radius 2 is 1.88 bits per heavy atom. The lowest BCUT2D eigenvalue weighted by Crippen LogP contribution is -2.27. The van der Waals surface area contributed by atoms with E-state index in [0.717, 1.165) is 23.5 Å². The van der Waals surface area contributed by atoms with Gasteiger partial charge in [-0.25, -0.2) is 0 Å². The third-order valence-electron chi connectivity index (χ3n) is 2.44.